The van der Waals surface area contributed by atoms with Gasteiger partial charge in [-0.25, -0.2) is 4.68 Å². The maximum Gasteiger partial charge on any atom is 0.242 e. The number of hydrogen-bond donors (Lipinski definition) is 1. The molecule has 0 bridgehead atoms. The van der Waals surface area contributed by atoms with E-state index in [9.17, 15) is 0 Å². The number of aryl methyl sites for hydroxylation is 1. The molecule has 0 saturated carbocycles. The van der Waals surface area contributed by atoms with Gasteiger partial charge in [-0.15, -0.1) is 0 Å². The van der Waals surface area contributed by atoms with Crippen molar-refractivity contribution in [1.82, 2.24) is 20.2 Å². The number of halogens is 2. The van der Waals surface area contributed by atoms with Crippen LogP contribution in [-0.4, -0.2) is 26.3 Å². The lowest BCUT2D eigenvalue weighted by molar-refractivity contribution is 0.242. The van der Waals surface area contributed by atoms with Crippen molar-refractivity contribution in [2.24, 2.45) is 7.05 Å². The second kappa shape index (κ2) is 6.28. The Kier molecular flexibility index (Phi) is 4.67. The predicted octanol–water partition coefficient (Wildman–Crippen LogP) is 2.92. The van der Waals surface area contributed by atoms with Crippen molar-refractivity contribution in [1.29, 1.82) is 0 Å². The third-order valence-corrected chi connectivity index (χ3v) is 3.04. The number of hydrogen-bond acceptors (Lipinski definition) is 5. The minimum Gasteiger partial charge on any atom is -0.488 e. The highest BCUT2D eigenvalue weighted by molar-refractivity contribution is 6.37. The van der Waals surface area contributed by atoms with Crippen LogP contribution in [0.25, 0.3) is 0 Å². The fourth-order valence-corrected chi connectivity index (χ4v) is 2.24. The zero-order chi connectivity index (χ0) is 14.7. The Morgan fingerprint density at radius 1 is 1.30 bits per heavy atom. The molecule has 20 heavy (non-hydrogen) atoms. The van der Waals surface area contributed by atoms with Gasteiger partial charge in [-0.2, -0.15) is 0 Å². The average molecular weight is 316 g/mol. The lowest BCUT2D eigenvalue weighted by Gasteiger charge is -2.14. The van der Waals surface area contributed by atoms with Crippen LogP contribution in [0.4, 0.5) is 5.95 Å². The summed E-state index contributed by atoms with van der Waals surface area (Å²) in [6.07, 6.45) is 0.0127. The van der Waals surface area contributed by atoms with Crippen LogP contribution in [0.15, 0.2) is 12.1 Å². The molecule has 0 amide bonds. The first kappa shape index (κ1) is 14.9. The van der Waals surface area contributed by atoms with E-state index in [-0.39, 0.29) is 6.10 Å². The minimum absolute atomic E-state index is 0.0127. The number of nitrogens with zero attached hydrogens (tertiary/aromatic N) is 4. The molecule has 6 nitrogen and oxygen atoms in total. The zero-order valence-corrected chi connectivity index (χ0v) is 12.9. The molecular weight excluding hydrogens is 301 g/mol. The Balaban J connectivity index is 2.12. The van der Waals surface area contributed by atoms with Gasteiger partial charge in [0.1, 0.15) is 0 Å². The van der Waals surface area contributed by atoms with Crippen LogP contribution < -0.4 is 10.1 Å². The van der Waals surface area contributed by atoms with Crippen LogP contribution in [-0.2, 0) is 13.6 Å². The number of anilines is 1. The highest BCUT2D eigenvalue weighted by Crippen LogP contribution is 2.35. The van der Waals surface area contributed by atoms with Crippen LogP contribution in [0.2, 0.25) is 10.0 Å². The first-order valence-corrected chi connectivity index (χ1v) is 6.83. The summed E-state index contributed by atoms with van der Waals surface area (Å²) in [5.41, 5.74) is 0.916. The van der Waals surface area contributed by atoms with Gasteiger partial charge >= 0.3 is 0 Å². The maximum atomic E-state index is 6.19. The highest BCUT2D eigenvalue weighted by atomic mass is 35.5. The largest absolute Gasteiger partial charge is 0.488 e. The van der Waals surface area contributed by atoms with Crippen molar-refractivity contribution in [3.05, 3.63) is 27.7 Å². The van der Waals surface area contributed by atoms with Gasteiger partial charge in [0.15, 0.2) is 5.75 Å². The van der Waals surface area contributed by atoms with E-state index in [4.69, 9.17) is 27.9 Å². The summed E-state index contributed by atoms with van der Waals surface area (Å²) in [6, 6.07) is 3.61. The van der Waals surface area contributed by atoms with E-state index < -0.39 is 0 Å². The van der Waals surface area contributed by atoms with Gasteiger partial charge in [-0.1, -0.05) is 28.3 Å². The van der Waals surface area contributed by atoms with Gasteiger partial charge in [0.05, 0.1) is 16.1 Å². The molecule has 1 N–H and O–H groups in total. The first-order chi connectivity index (χ1) is 9.47. The molecule has 0 aliphatic rings. The summed E-state index contributed by atoms with van der Waals surface area (Å²) in [5, 5.41) is 15.2. The first-order valence-electron chi connectivity index (χ1n) is 6.08. The molecule has 1 heterocycles. The van der Waals surface area contributed by atoms with Crippen LogP contribution in [0.1, 0.15) is 19.4 Å². The van der Waals surface area contributed by atoms with Gasteiger partial charge < -0.3 is 10.1 Å². The van der Waals surface area contributed by atoms with Crippen LogP contribution in [0.5, 0.6) is 5.75 Å². The van der Waals surface area contributed by atoms with Crippen molar-refractivity contribution in [3.8, 4) is 5.75 Å². The maximum absolute atomic E-state index is 6.19. The Bertz CT molecular complexity index is 576. The monoisotopic (exact) mass is 315 g/mol. The smallest absolute Gasteiger partial charge is 0.242 e. The molecule has 108 valence electrons. The molecule has 2 aromatic rings. The second-order valence-electron chi connectivity index (χ2n) is 4.53. The Labute approximate surface area is 127 Å². The quantitative estimate of drug-likeness (QED) is 0.919. The molecule has 1 aromatic carbocycles. The van der Waals surface area contributed by atoms with E-state index in [1.807, 2.05) is 26.0 Å². The van der Waals surface area contributed by atoms with Gasteiger partial charge in [0.25, 0.3) is 0 Å². The third-order valence-electron chi connectivity index (χ3n) is 2.48. The Hall–Kier alpha value is -1.53. The van der Waals surface area contributed by atoms with E-state index in [0.717, 1.165) is 5.56 Å². The molecule has 0 aliphatic carbocycles. The summed E-state index contributed by atoms with van der Waals surface area (Å²) in [6.45, 7) is 4.35. The second-order valence-corrected chi connectivity index (χ2v) is 5.35. The van der Waals surface area contributed by atoms with E-state index >= 15 is 0 Å². The molecule has 8 heteroatoms. The summed E-state index contributed by atoms with van der Waals surface area (Å²) in [7, 11) is 1.75. The minimum atomic E-state index is 0.0127. The van der Waals surface area contributed by atoms with Gasteiger partial charge in [-0.3, -0.25) is 0 Å². The van der Waals surface area contributed by atoms with E-state index in [1.54, 1.807) is 11.7 Å². The summed E-state index contributed by atoms with van der Waals surface area (Å²) in [5.74, 6) is 1.08. The number of nitrogens with one attached hydrogen (secondary N) is 1. The molecule has 0 unspecified atom stereocenters. The molecule has 1 aromatic heterocycles. The molecule has 0 saturated heterocycles. The number of aromatic nitrogens is 4. The Morgan fingerprint density at radius 3 is 2.45 bits per heavy atom. The fourth-order valence-electron chi connectivity index (χ4n) is 1.62. The molecule has 0 aliphatic heterocycles. The lowest BCUT2D eigenvalue weighted by atomic mass is 10.2. The topological polar surface area (TPSA) is 64.9 Å². The van der Waals surface area contributed by atoms with Crippen molar-refractivity contribution < 1.29 is 4.74 Å². The van der Waals surface area contributed by atoms with E-state index in [1.165, 1.54) is 0 Å². The lowest BCUT2D eigenvalue weighted by Crippen LogP contribution is -2.08. The Morgan fingerprint density at radius 2 is 1.95 bits per heavy atom. The summed E-state index contributed by atoms with van der Waals surface area (Å²) < 4.78 is 7.12. The normalized spacial score (nSPS) is 10.9. The standard InChI is InChI=1S/C12H15Cl2N5O/c1-7(2)20-11-9(13)4-8(5-10(11)14)6-15-12-16-17-18-19(12)3/h4-5,7H,6H2,1-3H3,(H,15,16,18). The SMILES string of the molecule is CC(C)Oc1c(Cl)cc(CNc2nnnn2C)cc1Cl. The van der Waals surface area contributed by atoms with Crippen molar-refractivity contribution >= 4 is 29.2 Å². The molecular formula is C12H15Cl2N5O. The highest BCUT2D eigenvalue weighted by Gasteiger charge is 2.11. The van der Waals surface area contributed by atoms with Crippen LogP contribution in [0, 0.1) is 0 Å². The van der Waals surface area contributed by atoms with Crippen molar-refractivity contribution in [2.45, 2.75) is 26.5 Å². The van der Waals surface area contributed by atoms with Crippen molar-refractivity contribution in [2.75, 3.05) is 5.32 Å². The summed E-state index contributed by atoms with van der Waals surface area (Å²) in [4.78, 5) is 0. The average Bonchev–Trinajstić information content (AvgIpc) is 2.77. The molecule has 2 rings (SSSR count). The number of benzene rings is 1. The molecule has 0 atom stereocenters. The zero-order valence-electron chi connectivity index (χ0n) is 11.4. The number of tetrazole rings is 1. The van der Waals surface area contributed by atoms with Gasteiger partial charge in [0.2, 0.25) is 5.95 Å². The van der Waals surface area contributed by atoms with Crippen LogP contribution >= 0.6 is 23.2 Å². The van der Waals surface area contributed by atoms with Crippen molar-refractivity contribution in [3.63, 3.8) is 0 Å². The number of ether oxygens (including phenoxy) is 1. The number of rotatable bonds is 5. The van der Waals surface area contributed by atoms with E-state index in [0.29, 0.717) is 28.3 Å². The van der Waals surface area contributed by atoms with Crippen LogP contribution in [0.3, 0.4) is 0 Å². The molecule has 0 spiro atoms. The van der Waals surface area contributed by atoms with Gasteiger partial charge in [-0.05, 0) is 42.0 Å². The molecule has 0 radical (unpaired) electrons. The predicted molar refractivity (Wildman–Crippen MR) is 78.4 cm³/mol. The summed E-state index contributed by atoms with van der Waals surface area (Å²) >= 11 is 12.4. The fraction of sp³-hybridized carbons (Fsp3) is 0.417. The van der Waals surface area contributed by atoms with Gasteiger partial charge in [0, 0.05) is 13.6 Å². The van der Waals surface area contributed by atoms with E-state index in [2.05, 4.69) is 20.8 Å². The third kappa shape index (κ3) is 3.52. The molecule has 0 fully saturated rings.